The Morgan fingerprint density at radius 3 is 2.62 bits per heavy atom. The average Bonchev–Trinajstić information content (AvgIpc) is 3.64. The van der Waals surface area contributed by atoms with Gasteiger partial charge in [0.05, 0.1) is 36.7 Å². The minimum Gasteiger partial charge on any atom is -0.490 e. The second kappa shape index (κ2) is 14.2. The number of nitrogens with zero attached hydrogens (tertiary/aromatic N) is 4. The smallest absolute Gasteiger partial charge is 0.280 e. The van der Waals surface area contributed by atoms with Crippen molar-refractivity contribution >= 4 is 21.6 Å². The molecular formula is C30H47N5O6S. The summed E-state index contributed by atoms with van der Waals surface area (Å²) in [5.41, 5.74) is 0.452. The third-order valence-corrected chi connectivity index (χ3v) is 9.28. The zero-order valence-corrected chi connectivity index (χ0v) is 26.3. The number of ether oxygens (including phenoxy) is 2. The van der Waals surface area contributed by atoms with E-state index in [2.05, 4.69) is 28.6 Å². The van der Waals surface area contributed by atoms with Gasteiger partial charge in [0.1, 0.15) is 5.75 Å². The first-order valence-electron chi connectivity index (χ1n) is 15.0. The van der Waals surface area contributed by atoms with E-state index >= 15 is 0 Å². The van der Waals surface area contributed by atoms with E-state index in [1.54, 1.807) is 35.6 Å². The van der Waals surface area contributed by atoms with Crippen molar-refractivity contribution in [2.45, 2.75) is 76.2 Å². The van der Waals surface area contributed by atoms with Crippen molar-refractivity contribution in [3.05, 3.63) is 36.3 Å². The number of hydrogen-bond acceptors (Lipinski definition) is 8. The number of aliphatic hydroxyl groups excluding tert-OH is 1. The van der Waals surface area contributed by atoms with Crippen LogP contribution in [-0.2, 0) is 21.8 Å². The van der Waals surface area contributed by atoms with Crippen LogP contribution in [0.4, 0.5) is 5.69 Å². The molecule has 42 heavy (non-hydrogen) atoms. The molecule has 1 aromatic carbocycles. The van der Waals surface area contributed by atoms with E-state index in [9.17, 15) is 18.3 Å². The van der Waals surface area contributed by atoms with Crippen LogP contribution in [0.5, 0.6) is 5.75 Å². The lowest BCUT2D eigenvalue weighted by molar-refractivity contribution is -0.0172. The van der Waals surface area contributed by atoms with Crippen LogP contribution in [-0.4, -0.2) is 96.9 Å². The van der Waals surface area contributed by atoms with Crippen LogP contribution < -0.4 is 9.46 Å². The Labute approximate surface area is 250 Å². The fraction of sp³-hybridized carbons (Fsp3) is 0.667. The van der Waals surface area contributed by atoms with E-state index in [-0.39, 0.29) is 46.9 Å². The van der Waals surface area contributed by atoms with Crippen LogP contribution in [0.2, 0.25) is 0 Å². The van der Waals surface area contributed by atoms with Gasteiger partial charge in [-0.25, -0.2) is 4.98 Å². The first-order chi connectivity index (χ1) is 20.0. The number of aromatic nitrogens is 2. The number of hydrogen-bond donors (Lipinski definition) is 2. The molecule has 11 nitrogen and oxygen atoms in total. The number of aryl methyl sites for hydroxylation is 1. The molecule has 12 heteroatoms. The number of aliphatic hydroxyl groups is 1. The molecule has 1 aromatic heterocycles. The number of sulfonamides is 1. The molecule has 1 aliphatic carbocycles. The number of carbonyl (C=O) groups excluding carboxylic acids is 1. The molecule has 0 saturated heterocycles. The lowest BCUT2D eigenvalue weighted by Crippen LogP contribution is -2.47. The maximum Gasteiger partial charge on any atom is 0.280 e. The highest BCUT2D eigenvalue weighted by atomic mass is 32.2. The van der Waals surface area contributed by atoms with Crippen LogP contribution in [0.3, 0.4) is 0 Å². The van der Waals surface area contributed by atoms with Crippen molar-refractivity contribution in [3.63, 3.8) is 0 Å². The molecule has 1 aliphatic heterocycles. The van der Waals surface area contributed by atoms with Gasteiger partial charge in [-0.05, 0) is 77.1 Å². The fourth-order valence-corrected chi connectivity index (χ4v) is 6.34. The molecule has 1 saturated carbocycles. The van der Waals surface area contributed by atoms with Gasteiger partial charge in [0.25, 0.3) is 15.9 Å². The molecule has 0 spiro atoms. The Morgan fingerprint density at radius 2 is 1.95 bits per heavy atom. The third-order valence-electron chi connectivity index (χ3n) is 8.02. The van der Waals surface area contributed by atoms with Crippen molar-refractivity contribution < 1.29 is 27.8 Å². The Hall–Kier alpha value is -2.67. The Balaban J connectivity index is 1.65. The average molecular weight is 606 g/mol. The summed E-state index contributed by atoms with van der Waals surface area (Å²) in [6, 6.07) is 4.26. The van der Waals surface area contributed by atoms with Gasteiger partial charge in [0.2, 0.25) is 0 Å². The minimum atomic E-state index is -3.97. The summed E-state index contributed by atoms with van der Waals surface area (Å²) in [6.07, 6.45) is 7.73. The van der Waals surface area contributed by atoms with Gasteiger partial charge < -0.3 is 28.9 Å². The summed E-state index contributed by atoms with van der Waals surface area (Å²) < 4.78 is 42.7. The number of rotatable bonds is 9. The van der Waals surface area contributed by atoms with Crippen LogP contribution in [0.1, 0.15) is 63.2 Å². The molecule has 1 fully saturated rings. The molecule has 234 valence electrons. The van der Waals surface area contributed by atoms with E-state index in [0.29, 0.717) is 18.9 Å². The van der Waals surface area contributed by atoms with Gasteiger partial charge in [0, 0.05) is 51.1 Å². The summed E-state index contributed by atoms with van der Waals surface area (Å²) in [5, 5.41) is 10.0. The van der Waals surface area contributed by atoms with Crippen molar-refractivity contribution in [1.29, 1.82) is 0 Å². The first kappa shape index (κ1) is 32.2. The van der Waals surface area contributed by atoms with Gasteiger partial charge in [-0.2, -0.15) is 8.42 Å². The molecule has 2 N–H and O–H groups in total. The first-order valence-corrected chi connectivity index (χ1v) is 16.5. The molecule has 0 radical (unpaired) electrons. The van der Waals surface area contributed by atoms with E-state index in [1.165, 1.54) is 31.4 Å². The maximum absolute atomic E-state index is 14.2. The number of fused-ring (bicyclic) bond motifs is 1. The van der Waals surface area contributed by atoms with E-state index in [0.717, 1.165) is 38.3 Å². The summed E-state index contributed by atoms with van der Waals surface area (Å²) in [6.45, 7) is 8.45. The standard InChI is InChI=1S/C30H47N5O6S/c1-21-15-35(22(2)19-36)30(37)26-14-25(32-42(38,39)29-18-34(5)20-31-29)11-12-27(26)41-23(3)8-6-7-13-40-28(21)17-33(4)16-24-9-10-24/h11-12,14,18,20-24,28,32,36H,6-10,13,15-17,19H2,1-5H3/t21-,22+,23+,28-/m0/s1. The zero-order chi connectivity index (χ0) is 30.4. The lowest BCUT2D eigenvalue weighted by atomic mass is 10.0. The van der Waals surface area contributed by atoms with Crippen molar-refractivity contribution in [2.24, 2.45) is 18.9 Å². The number of anilines is 1. The highest BCUT2D eigenvalue weighted by Crippen LogP contribution is 2.31. The van der Waals surface area contributed by atoms with Gasteiger partial charge in [-0.15, -0.1) is 0 Å². The third kappa shape index (κ3) is 8.68. The molecule has 2 heterocycles. The second-order valence-corrected chi connectivity index (χ2v) is 13.8. The van der Waals surface area contributed by atoms with Crippen LogP contribution >= 0.6 is 0 Å². The van der Waals surface area contributed by atoms with Crippen molar-refractivity contribution in [2.75, 3.05) is 44.6 Å². The topological polar surface area (TPSA) is 126 Å². The summed E-state index contributed by atoms with van der Waals surface area (Å²) in [5.74, 6) is 0.789. The van der Waals surface area contributed by atoms with E-state index in [4.69, 9.17) is 9.47 Å². The van der Waals surface area contributed by atoms with Gasteiger partial charge in [-0.3, -0.25) is 9.52 Å². The SMILES string of the molecule is C[C@@H]1CCCCO[C@@H](CN(C)CC2CC2)[C@@H](C)CN([C@H](C)CO)C(=O)c2cc(NS(=O)(=O)c3cn(C)cn3)ccc2O1. The zero-order valence-electron chi connectivity index (χ0n) is 25.5. The quantitative estimate of drug-likeness (QED) is 0.446. The molecule has 2 aliphatic rings. The number of nitrogens with one attached hydrogen (secondary N) is 1. The maximum atomic E-state index is 14.2. The van der Waals surface area contributed by atoms with Gasteiger partial charge in [0.15, 0.2) is 5.03 Å². The van der Waals surface area contributed by atoms with Crippen LogP contribution in [0.25, 0.3) is 0 Å². The van der Waals surface area contributed by atoms with Crippen LogP contribution in [0, 0.1) is 11.8 Å². The number of imidazole rings is 1. The van der Waals surface area contributed by atoms with Crippen LogP contribution in [0.15, 0.2) is 35.7 Å². The van der Waals surface area contributed by atoms with E-state index in [1.807, 2.05) is 6.92 Å². The summed E-state index contributed by atoms with van der Waals surface area (Å²) in [4.78, 5) is 22.2. The molecular weight excluding hydrogens is 558 g/mol. The number of likely N-dealkylation sites (N-methyl/N-ethyl adjacent to an activating group) is 1. The normalized spacial score (nSPS) is 23.6. The van der Waals surface area contributed by atoms with Gasteiger partial charge in [-0.1, -0.05) is 6.92 Å². The Morgan fingerprint density at radius 1 is 1.19 bits per heavy atom. The van der Waals surface area contributed by atoms with Gasteiger partial charge >= 0.3 is 0 Å². The number of carbonyl (C=O) groups is 1. The Kier molecular flexibility index (Phi) is 10.9. The minimum absolute atomic E-state index is 0.0123. The Bertz CT molecular complexity index is 1300. The summed E-state index contributed by atoms with van der Waals surface area (Å²) >= 11 is 0. The lowest BCUT2D eigenvalue weighted by Gasteiger charge is -2.36. The molecule has 2 aromatic rings. The fourth-order valence-electron chi connectivity index (χ4n) is 5.31. The summed E-state index contributed by atoms with van der Waals surface area (Å²) in [7, 11) is -0.156. The molecule has 0 unspecified atom stereocenters. The van der Waals surface area contributed by atoms with Crippen molar-refractivity contribution in [1.82, 2.24) is 19.4 Å². The monoisotopic (exact) mass is 605 g/mol. The van der Waals surface area contributed by atoms with E-state index < -0.39 is 16.1 Å². The molecule has 1 amide bonds. The predicted octanol–water partition coefficient (Wildman–Crippen LogP) is 3.36. The highest BCUT2D eigenvalue weighted by Gasteiger charge is 2.31. The predicted molar refractivity (Wildman–Crippen MR) is 161 cm³/mol. The second-order valence-electron chi connectivity index (χ2n) is 12.2. The highest BCUT2D eigenvalue weighted by molar-refractivity contribution is 7.92. The molecule has 0 bridgehead atoms. The molecule has 4 atom stereocenters. The van der Waals surface area contributed by atoms with Crippen molar-refractivity contribution in [3.8, 4) is 5.75 Å². The molecule has 4 rings (SSSR count). The number of amides is 1. The number of benzene rings is 1. The largest absolute Gasteiger partial charge is 0.490 e.